The van der Waals surface area contributed by atoms with Crippen LogP contribution in [0, 0.1) is 5.92 Å². The standard InChI is InChI=1S/C5H10ClO4P/c1-4(6)5-2-9-11(7,8)10-3-5/h4-5H,2-3H2,1H3,(H,7,8). The fourth-order valence-electron chi connectivity index (χ4n) is 0.730. The minimum absolute atomic E-state index is 0.00546. The molecule has 1 rings (SSSR count). The van der Waals surface area contributed by atoms with E-state index in [2.05, 4.69) is 9.05 Å². The zero-order valence-electron chi connectivity index (χ0n) is 6.07. The van der Waals surface area contributed by atoms with Gasteiger partial charge in [-0.3, -0.25) is 9.05 Å². The number of alkyl halides is 1. The molecule has 1 atom stereocenters. The van der Waals surface area contributed by atoms with Crippen molar-refractivity contribution in [3.63, 3.8) is 0 Å². The molecule has 0 aromatic rings. The van der Waals surface area contributed by atoms with Crippen molar-refractivity contribution in [3.05, 3.63) is 0 Å². The Morgan fingerprint density at radius 1 is 1.64 bits per heavy atom. The molecule has 0 radical (unpaired) electrons. The number of hydrogen-bond donors (Lipinski definition) is 1. The molecule has 1 unspecified atom stereocenters. The number of halogens is 1. The van der Waals surface area contributed by atoms with E-state index in [1.807, 2.05) is 0 Å². The Labute approximate surface area is 70.1 Å². The van der Waals surface area contributed by atoms with Gasteiger partial charge in [-0.1, -0.05) is 0 Å². The van der Waals surface area contributed by atoms with Crippen LogP contribution < -0.4 is 0 Å². The van der Waals surface area contributed by atoms with E-state index in [0.717, 1.165) is 0 Å². The van der Waals surface area contributed by atoms with Crippen molar-refractivity contribution in [2.75, 3.05) is 13.2 Å². The third kappa shape index (κ3) is 2.73. The van der Waals surface area contributed by atoms with E-state index in [1.54, 1.807) is 6.92 Å². The molecule has 66 valence electrons. The monoisotopic (exact) mass is 200 g/mol. The average Bonchev–Trinajstić information content (AvgIpc) is 1.86. The summed E-state index contributed by atoms with van der Waals surface area (Å²) in [4.78, 5) is 8.74. The topological polar surface area (TPSA) is 55.8 Å². The van der Waals surface area contributed by atoms with Crippen LogP contribution in [0.15, 0.2) is 0 Å². The van der Waals surface area contributed by atoms with Crippen molar-refractivity contribution in [1.29, 1.82) is 0 Å². The molecule has 6 heteroatoms. The molecule has 1 aliphatic rings. The maximum absolute atomic E-state index is 10.7. The molecule has 0 amide bonds. The molecule has 0 aliphatic carbocycles. The van der Waals surface area contributed by atoms with Crippen LogP contribution in [0.4, 0.5) is 0 Å². The highest BCUT2D eigenvalue weighted by molar-refractivity contribution is 7.47. The van der Waals surface area contributed by atoms with Crippen molar-refractivity contribution in [2.45, 2.75) is 12.3 Å². The Hall–Kier alpha value is 0.400. The Morgan fingerprint density at radius 3 is 2.45 bits per heavy atom. The highest BCUT2D eigenvalue weighted by Gasteiger charge is 2.32. The van der Waals surface area contributed by atoms with Gasteiger partial charge in [0.25, 0.3) is 0 Å². The van der Waals surface area contributed by atoms with Gasteiger partial charge in [0.1, 0.15) is 0 Å². The van der Waals surface area contributed by atoms with Gasteiger partial charge in [-0.2, -0.15) is 0 Å². The summed E-state index contributed by atoms with van der Waals surface area (Å²) in [5.41, 5.74) is 0. The van der Waals surface area contributed by atoms with Crippen molar-refractivity contribution in [2.24, 2.45) is 5.92 Å². The second kappa shape index (κ2) is 3.42. The molecule has 4 nitrogen and oxygen atoms in total. The van der Waals surface area contributed by atoms with Gasteiger partial charge in [-0.15, -0.1) is 11.6 Å². The lowest BCUT2D eigenvalue weighted by molar-refractivity contribution is 0.0583. The highest BCUT2D eigenvalue weighted by Crippen LogP contribution is 2.47. The predicted molar refractivity (Wildman–Crippen MR) is 40.5 cm³/mol. The lowest BCUT2D eigenvalue weighted by Gasteiger charge is -2.26. The van der Waals surface area contributed by atoms with Gasteiger partial charge in [-0.25, -0.2) is 4.57 Å². The summed E-state index contributed by atoms with van der Waals surface area (Å²) >= 11 is 5.72. The molecule has 0 aromatic heterocycles. The molecule has 1 N–H and O–H groups in total. The predicted octanol–water partition coefficient (Wildman–Crippen LogP) is 1.38. The highest BCUT2D eigenvalue weighted by atomic mass is 35.5. The lowest BCUT2D eigenvalue weighted by Crippen LogP contribution is -2.27. The van der Waals surface area contributed by atoms with Gasteiger partial charge >= 0.3 is 7.82 Å². The largest absolute Gasteiger partial charge is 0.472 e. The third-order valence-electron chi connectivity index (χ3n) is 1.55. The van der Waals surface area contributed by atoms with Crippen molar-refractivity contribution in [1.82, 2.24) is 0 Å². The van der Waals surface area contributed by atoms with Crippen LogP contribution in [-0.4, -0.2) is 23.5 Å². The van der Waals surface area contributed by atoms with E-state index in [1.165, 1.54) is 0 Å². The quantitative estimate of drug-likeness (QED) is 0.513. The van der Waals surface area contributed by atoms with E-state index in [-0.39, 0.29) is 24.5 Å². The minimum atomic E-state index is -3.72. The Morgan fingerprint density at radius 2 is 2.09 bits per heavy atom. The van der Waals surface area contributed by atoms with Gasteiger partial charge < -0.3 is 4.89 Å². The maximum Gasteiger partial charge on any atom is 0.472 e. The van der Waals surface area contributed by atoms with Gasteiger partial charge in [0, 0.05) is 11.3 Å². The fraction of sp³-hybridized carbons (Fsp3) is 1.00. The number of rotatable bonds is 1. The van der Waals surface area contributed by atoms with Crippen LogP contribution in [0.25, 0.3) is 0 Å². The summed E-state index contributed by atoms with van der Waals surface area (Å²) in [7, 11) is -3.72. The van der Waals surface area contributed by atoms with Gasteiger partial charge in [0.2, 0.25) is 0 Å². The van der Waals surface area contributed by atoms with Gasteiger partial charge in [0.15, 0.2) is 0 Å². The van der Waals surface area contributed by atoms with E-state index in [9.17, 15) is 4.57 Å². The molecule has 11 heavy (non-hydrogen) atoms. The number of phosphoric acid groups is 1. The summed E-state index contributed by atoms with van der Waals surface area (Å²) in [6.07, 6.45) is 0. The normalized spacial score (nSPS) is 41.9. The molecule has 0 bridgehead atoms. The molecule has 1 heterocycles. The smallest absolute Gasteiger partial charge is 0.302 e. The summed E-state index contributed by atoms with van der Waals surface area (Å²) in [5, 5.41) is -0.102. The van der Waals surface area contributed by atoms with Crippen LogP contribution in [0.1, 0.15) is 6.92 Å². The zero-order valence-corrected chi connectivity index (χ0v) is 7.72. The Balaban J connectivity index is 2.42. The first-order valence-corrected chi connectivity index (χ1v) is 5.20. The number of phosphoric ester groups is 1. The fourth-order valence-corrected chi connectivity index (χ4v) is 1.71. The third-order valence-corrected chi connectivity index (χ3v) is 2.86. The molecule has 1 fully saturated rings. The van der Waals surface area contributed by atoms with Crippen molar-refractivity contribution in [3.8, 4) is 0 Å². The van der Waals surface area contributed by atoms with Crippen molar-refractivity contribution >= 4 is 19.4 Å². The summed E-state index contributed by atoms with van der Waals surface area (Å²) in [6, 6.07) is 0. The van der Waals surface area contributed by atoms with Crippen LogP contribution >= 0.6 is 19.4 Å². The van der Waals surface area contributed by atoms with Crippen LogP contribution in [0.2, 0.25) is 0 Å². The molecule has 0 spiro atoms. The molecule has 1 saturated heterocycles. The Kier molecular flexibility index (Phi) is 2.95. The zero-order chi connectivity index (χ0) is 8.48. The molecular weight excluding hydrogens is 190 g/mol. The number of hydrogen-bond acceptors (Lipinski definition) is 3. The summed E-state index contributed by atoms with van der Waals surface area (Å²) < 4.78 is 19.8. The average molecular weight is 201 g/mol. The minimum Gasteiger partial charge on any atom is -0.302 e. The first kappa shape index (κ1) is 9.49. The lowest BCUT2D eigenvalue weighted by atomic mass is 10.1. The molecule has 0 saturated carbocycles. The Bertz CT molecular complexity index is 171. The first-order valence-electron chi connectivity index (χ1n) is 3.27. The SMILES string of the molecule is CC(Cl)C1COP(=O)(O)OC1. The van der Waals surface area contributed by atoms with Gasteiger partial charge in [-0.05, 0) is 6.92 Å². The van der Waals surface area contributed by atoms with Crippen molar-refractivity contribution < 1.29 is 18.5 Å². The first-order chi connectivity index (χ1) is 5.01. The second-order valence-electron chi connectivity index (χ2n) is 2.50. The second-order valence-corrected chi connectivity index (χ2v) is 4.64. The maximum atomic E-state index is 10.7. The van der Waals surface area contributed by atoms with E-state index < -0.39 is 7.82 Å². The van der Waals surface area contributed by atoms with E-state index >= 15 is 0 Å². The molecular formula is C5H10ClO4P. The van der Waals surface area contributed by atoms with Crippen LogP contribution in [0.5, 0.6) is 0 Å². The van der Waals surface area contributed by atoms with E-state index in [0.29, 0.717) is 0 Å². The molecule has 0 aromatic carbocycles. The van der Waals surface area contributed by atoms with E-state index in [4.69, 9.17) is 16.5 Å². The van der Waals surface area contributed by atoms with Crippen LogP contribution in [-0.2, 0) is 13.6 Å². The summed E-state index contributed by atoms with van der Waals surface area (Å²) in [5.74, 6) is 0.00546. The van der Waals surface area contributed by atoms with Gasteiger partial charge in [0.05, 0.1) is 13.2 Å². The molecule has 1 aliphatic heterocycles. The summed E-state index contributed by atoms with van der Waals surface area (Å²) in [6.45, 7) is 2.18. The van der Waals surface area contributed by atoms with Crippen LogP contribution in [0.3, 0.4) is 0 Å².